The molecule has 0 bridgehead atoms. The van der Waals surface area contributed by atoms with Crippen molar-refractivity contribution < 1.29 is 12.6 Å². The molecule has 4 nitrogen and oxygen atoms in total. The Morgan fingerprint density at radius 2 is 1.48 bits per heavy atom. The molecular formula is C21H18BrNO3S. The van der Waals surface area contributed by atoms with E-state index in [9.17, 15) is 8.42 Å². The highest BCUT2D eigenvalue weighted by molar-refractivity contribution is 9.10. The highest BCUT2D eigenvalue weighted by Gasteiger charge is 2.18. The molecule has 0 aliphatic carbocycles. The molecule has 3 aromatic rings. The number of halogens is 1. The lowest BCUT2D eigenvalue weighted by atomic mass is 10.2. The second-order valence-electron chi connectivity index (χ2n) is 6.13. The molecular weight excluding hydrogens is 426 g/mol. The van der Waals surface area contributed by atoms with E-state index in [2.05, 4.69) is 20.9 Å². The van der Waals surface area contributed by atoms with Crippen molar-refractivity contribution in [2.75, 3.05) is 0 Å². The van der Waals surface area contributed by atoms with Gasteiger partial charge in [-0.1, -0.05) is 35.4 Å². The lowest BCUT2D eigenvalue weighted by Gasteiger charge is -2.09. The zero-order chi connectivity index (χ0) is 19.4. The summed E-state index contributed by atoms with van der Waals surface area (Å²) >= 11 is 3.37. The average Bonchev–Trinajstić information content (AvgIpc) is 2.63. The van der Waals surface area contributed by atoms with E-state index < -0.39 is 10.1 Å². The summed E-state index contributed by atoms with van der Waals surface area (Å²) in [6.45, 7) is 3.92. The third-order valence-corrected chi connectivity index (χ3v) is 5.73. The van der Waals surface area contributed by atoms with Crippen LogP contribution in [0.1, 0.15) is 16.7 Å². The van der Waals surface area contributed by atoms with E-state index >= 15 is 0 Å². The third-order valence-electron chi connectivity index (χ3n) is 3.86. The first-order valence-corrected chi connectivity index (χ1v) is 10.4. The van der Waals surface area contributed by atoms with Gasteiger partial charge in [0.1, 0.15) is 4.90 Å². The summed E-state index contributed by atoms with van der Waals surface area (Å²) in [6, 6.07) is 19.5. The van der Waals surface area contributed by atoms with Crippen LogP contribution in [0.15, 0.2) is 81.1 Å². The first-order chi connectivity index (χ1) is 12.8. The van der Waals surface area contributed by atoms with Crippen molar-refractivity contribution in [1.82, 2.24) is 0 Å². The molecule has 3 rings (SSSR count). The molecule has 0 fully saturated rings. The molecule has 0 aliphatic heterocycles. The van der Waals surface area contributed by atoms with E-state index in [1.165, 1.54) is 17.7 Å². The fourth-order valence-electron chi connectivity index (χ4n) is 2.32. The van der Waals surface area contributed by atoms with E-state index in [0.717, 1.165) is 16.8 Å². The minimum atomic E-state index is -3.89. The summed E-state index contributed by atoms with van der Waals surface area (Å²) in [5.41, 5.74) is 3.82. The summed E-state index contributed by atoms with van der Waals surface area (Å²) in [7, 11) is -3.89. The molecule has 0 saturated heterocycles. The largest absolute Gasteiger partial charge is 0.378 e. The maximum atomic E-state index is 12.4. The van der Waals surface area contributed by atoms with E-state index in [1.54, 1.807) is 36.5 Å². The van der Waals surface area contributed by atoms with Crippen molar-refractivity contribution in [1.29, 1.82) is 0 Å². The van der Waals surface area contributed by atoms with Crippen LogP contribution in [0.4, 0.5) is 5.69 Å². The lowest BCUT2D eigenvalue weighted by molar-refractivity contribution is 0.484. The molecule has 27 heavy (non-hydrogen) atoms. The molecule has 0 aliphatic rings. The Morgan fingerprint density at radius 3 is 2.07 bits per heavy atom. The van der Waals surface area contributed by atoms with Crippen LogP contribution in [0.2, 0.25) is 0 Å². The molecule has 6 heteroatoms. The van der Waals surface area contributed by atoms with Crippen LogP contribution in [0.5, 0.6) is 5.75 Å². The van der Waals surface area contributed by atoms with E-state index in [0.29, 0.717) is 4.47 Å². The molecule has 0 saturated carbocycles. The average molecular weight is 444 g/mol. The minimum Gasteiger partial charge on any atom is -0.378 e. The second-order valence-corrected chi connectivity index (χ2v) is 8.53. The van der Waals surface area contributed by atoms with Crippen molar-refractivity contribution >= 4 is 38.0 Å². The highest BCUT2D eigenvalue weighted by Crippen LogP contribution is 2.29. The van der Waals surface area contributed by atoms with Crippen molar-refractivity contribution in [2.45, 2.75) is 18.7 Å². The van der Waals surface area contributed by atoms with Gasteiger partial charge in [0.05, 0.1) is 10.2 Å². The van der Waals surface area contributed by atoms with Gasteiger partial charge >= 0.3 is 10.1 Å². The van der Waals surface area contributed by atoms with Crippen molar-refractivity contribution in [3.8, 4) is 5.75 Å². The maximum absolute atomic E-state index is 12.4. The van der Waals surface area contributed by atoms with Crippen LogP contribution in [0.25, 0.3) is 0 Å². The molecule has 0 aromatic heterocycles. The van der Waals surface area contributed by atoms with Gasteiger partial charge in [0, 0.05) is 6.21 Å². The van der Waals surface area contributed by atoms with Gasteiger partial charge in [-0.3, -0.25) is 4.99 Å². The summed E-state index contributed by atoms with van der Waals surface area (Å²) in [5.74, 6) is 0.225. The summed E-state index contributed by atoms with van der Waals surface area (Å²) in [5, 5.41) is 0. The smallest absolute Gasteiger partial charge is 0.339 e. The molecule has 0 spiro atoms. The quantitative estimate of drug-likeness (QED) is 0.381. The van der Waals surface area contributed by atoms with Gasteiger partial charge in [0.25, 0.3) is 0 Å². The Morgan fingerprint density at radius 1 is 0.889 bits per heavy atom. The molecule has 0 radical (unpaired) electrons. The van der Waals surface area contributed by atoms with Crippen LogP contribution >= 0.6 is 15.9 Å². The van der Waals surface area contributed by atoms with Gasteiger partial charge in [-0.25, -0.2) is 0 Å². The Kier molecular flexibility index (Phi) is 5.77. The summed E-state index contributed by atoms with van der Waals surface area (Å²) < 4.78 is 30.6. The van der Waals surface area contributed by atoms with Gasteiger partial charge in [-0.05, 0) is 77.8 Å². The summed E-state index contributed by atoms with van der Waals surface area (Å²) in [6.07, 6.45) is 1.72. The number of aliphatic imine (C=N–C) groups is 1. The number of benzene rings is 3. The Balaban J connectivity index is 1.78. The monoisotopic (exact) mass is 443 g/mol. The Hall–Kier alpha value is -2.44. The van der Waals surface area contributed by atoms with Gasteiger partial charge in [-0.2, -0.15) is 8.42 Å². The van der Waals surface area contributed by atoms with Gasteiger partial charge in [0.2, 0.25) is 0 Å². The zero-order valence-corrected chi connectivity index (χ0v) is 17.3. The van der Waals surface area contributed by atoms with Crippen LogP contribution < -0.4 is 4.18 Å². The lowest BCUT2D eigenvalue weighted by Crippen LogP contribution is -2.10. The molecule has 0 atom stereocenters. The molecule has 0 N–H and O–H groups in total. The van der Waals surface area contributed by atoms with Crippen LogP contribution in [0.3, 0.4) is 0 Å². The predicted molar refractivity (Wildman–Crippen MR) is 112 cm³/mol. The fourth-order valence-corrected chi connectivity index (χ4v) is 3.85. The van der Waals surface area contributed by atoms with Gasteiger partial charge in [-0.15, -0.1) is 0 Å². The number of aryl methyl sites for hydroxylation is 2. The molecule has 138 valence electrons. The standard InChI is InChI=1S/C21H18BrNO3S/c1-15-3-8-18(9-4-15)23-14-17-7-12-21(20(22)13-17)26-27(24,25)19-10-5-16(2)6-11-19/h3-14H,1-2H3. The Bertz CT molecular complexity index is 1070. The molecule has 0 unspecified atom stereocenters. The molecule has 0 heterocycles. The van der Waals surface area contributed by atoms with E-state index in [4.69, 9.17) is 4.18 Å². The second kappa shape index (κ2) is 8.06. The number of hydrogen-bond acceptors (Lipinski definition) is 4. The predicted octanol–water partition coefficient (Wildman–Crippen LogP) is 5.58. The van der Waals surface area contributed by atoms with Crippen LogP contribution in [-0.2, 0) is 10.1 Å². The van der Waals surface area contributed by atoms with Gasteiger partial charge < -0.3 is 4.18 Å². The fraction of sp³-hybridized carbons (Fsp3) is 0.0952. The Labute approximate surface area is 167 Å². The number of hydrogen-bond donors (Lipinski definition) is 0. The minimum absolute atomic E-state index is 0.116. The first kappa shape index (κ1) is 19.3. The topological polar surface area (TPSA) is 55.7 Å². The third kappa shape index (κ3) is 5.05. The van der Waals surface area contributed by atoms with Gasteiger partial charge in [0.15, 0.2) is 5.75 Å². The first-order valence-electron chi connectivity index (χ1n) is 8.25. The van der Waals surface area contributed by atoms with Crippen molar-refractivity contribution in [3.05, 3.63) is 87.9 Å². The summed E-state index contributed by atoms with van der Waals surface area (Å²) in [4.78, 5) is 4.53. The molecule has 3 aromatic carbocycles. The maximum Gasteiger partial charge on any atom is 0.339 e. The molecule has 0 amide bonds. The zero-order valence-electron chi connectivity index (χ0n) is 14.9. The van der Waals surface area contributed by atoms with Crippen molar-refractivity contribution in [2.24, 2.45) is 4.99 Å². The van der Waals surface area contributed by atoms with E-state index in [-0.39, 0.29) is 10.6 Å². The van der Waals surface area contributed by atoms with Crippen LogP contribution in [0, 0.1) is 13.8 Å². The van der Waals surface area contributed by atoms with Crippen LogP contribution in [-0.4, -0.2) is 14.6 Å². The number of nitrogens with zero attached hydrogens (tertiary/aromatic N) is 1. The normalized spacial score (nSPS) is 11.7. The van der Waals surface area contributed by atoms with Crippen molar-refractivity contribution in [3.63, 3.8) is 0 Å². The van der Waals surface area contributed by atoms with E-state index in [1.807, 2.05) is 38.1 Å². The number of rotatable bonds is 5. The highest BCUT2D eigenvalue weighted by atomic mass is 79.9. The SMILES string of the molecule is Cc1ccc(N=Cc2ccc(OS(=O)(=O)c3ccc(C)cc3)c(Br)c2)cc1.